The average molecular weight is 473 g/mol. The second-order valence-electron chi connectivity index (χ2n) is 8.40. The molecule has 1 amide bonds. The van der Waals surface area contributed by atoms with Gasteiger partial charge in [0, 0.05) is 10.4 Å². The SMILES string of the molecule is CC(NC(=O)c1cccc2c1NC(c1ccc(Br)cc1)C1CC=CC21)c1ccccc1. The number of halogens is 1. The molecule has 31 heavy (non-hydrogen) atoms. The predicted octanol–water partition coefficient (Wildman–Crippen LogP) is 6.77. The van der Waals surface area contributed by atoms with E-state index in [1.807, 2.05) is 49.4 Å². The van der Waals surface area contributed by atoms with Gasteiger partial charge in [0.1, 0.15) is 0 Å². The number of rotatable bonds is 4. The zero-order valence-electron chi connectivity index (χ0n) is 17.4. The van der Waals surface area contributed by atoms with Crippen molar-refractivity contribution in [1.29, 1.82) is 0 Å². The Morgan fingerprint density at radius 3 is 2.58 bits per heavy atom. The van der Waals surface area contributed by atoms with Gasteiger partial charge in [0.05, 0.1) is 23.3 Å². The number of amides is 1. The molecule has 0 fully saturated rings. The van der Waals surface area contributed by atoms with Gasteiger partial charge in [0.15, 0.2) is 0 Å². The van der Waals surface area contributed by atoms with E-state index < -0.39 is 0 Å². The first-order valence-corrected chi connectivity index (χ1v) is 11.6. The highest BCUT2D eigenvalue weighted by Gasteiger charge is 2.39. The smallest absolute Gasteiger partial charge is 0.253 e. The molecule has 156 valence electrons. The third-order valence-corrected chi connectivity index (χ3v) is 7.05. The number of benzene rings is 3. The topological polar surface area (TPSA) is 41.1 Å². The van der Waals surface area contributed by atoms with Crippen molar-refractivity contribution in [3.8, 4) is 0 Å². The molecular weight excluding hydrogens is 448 g/mol. The monoisotopic (exact) mass is 472 g/mol. The van der Waals surface area contributed by atoms with Gasteiger partial charge in [-0.2, -0.15) is 0 Å². The Hall–Kier alpha value is -2.85. The van der Waals surface area contributed by atoms with Crippen LogP contribution in [0.3, 0.4) is 0 Å². The number of fused-ring (bicyclic) bond motifs is 3. The summed E-state index contributed by atoms with van der Waals surface area (Å²) in [4.78, 5) is 13.3. The third-order valence-electron chi connectivity index (χ3n) is 6.52. The number of para-hydroxylation sites is 1. The van der Waals surface area contributed by atoms with Gasteiger partial charge in [0.2, 0.25) is 0 Å². The van der Waals surface area contributed by atoms with Gasteiger partial charge in [0.25, 0.3) is 5.91 Å². The van der Waals surface area contributed by atoms with E-state index in [1.54, 1.807) is 0 Å². The van der Waals surface area contributed by atoms with Crippen molar-refractivity contribution < 1.29 is 4.79 Å². The number of carbonyl (C=O) groups excluding carboxylic acids is 1. The van der Waals surface area contributed by atoms with E-state index in [9.17, 15) is 4.79 Å². The normalized spacial score (nSPS) is 22.2. The van der Waals surface area contributed by atoms with Gasteiger partial charge in [-0.25, -0.2) is 0 Å². The maximum absolute atomic E-state index is 13.3. The lowest BCUT2D eigenvalue weighted by molar-refractivity contribution is 0.0940. The van der Waals surface area contributed by atoms with Gasteiger partial charge in [-0.15, -0.1) is 0 Å². The van der Waals surface area contributed by atoms with Crippen molar-refractivity contribution in [3.05, 3.63) is 112 Å². The molecule has 0 spiro atoms. The Labute approximate surface area is 191 Å². The molecule has 1 aliphatic heterocycles. The van der Waals surface area contributed by atoms with Crippen LogP contribution in [0, 0.1) is 5.92 Å². The van der Waals surface area contributed by atoms with E-state index in [2.05, 4.69) is 69.0 Å². The lowest BCUT2D eigenvalue weighted by Crippen LogP contribution is -2.32. The molecule has 3 nitrogen and oxygen atoms in total. The van der Waals surface area contributed by atoms with E-state index in [1.165, 1.54) is 11.1 Å². The molecule has 4 atom stereocenters. The maximum Gasteiger partial charge on any atom is 0.253 e. The van der Waals surface area contributed by atoms with Gasteiger partial charge < -0.3 is 10.6 Å². The van der Waals surface area contributed by atoms with Crippen molar-refractivity contribution in [2.24, 2.45) is 5.92 Å². The first-order valence-electron chi connectivity index (χ1n) is 10.8. The Kier molecular flexibility index (Phi) is 5.41. The van der Waals surface area contributed by atoms with E-state index in [-0.39, 0.29) is 18.0 Å². The summed E-state index contributed by atoms with van der Waals surface area (Å²) >= 11 is 3.54. The molecule has 3 aromatic carbocycles. The Balaban J connectivity index is 1.48. The Bertz CT molecular complexity index is 1120. The van der Waals surface area contributed by atoms with Crippen molar-refractivity contribution >= 4 is 27.5 Å². The average Bonchev–Trinajstić information content (AvgIpc) is 3.29. The summed E-state index contributed by atoms with van der Waals surface area (Å²) in [5.41, 5.74) is 5.23. The number of hydrogen-bond donors (Lipinski definition) is 2. The standard InChI is InChI=1S/C27H25BrN2O/c1-17(18-7-3-2-4-8-18)29-27(31)24-12-6-11-23-21-9-5-10-22(21)25(30-26(23)24)19-13-15-20(28)16-14-19/h2-9,11-17,21-22,25,30H,10H2,1H3,(H,29,31). The zero-order chi connectivity index (χ0) is 21.4. The van der Waals surface area contributed by atoms with Crippen LogP contribution >= 0.6 is 15.9 Å². The van der Waals surface area contributed by atoms with Crippen molar-refractivity contribution in [1.82, 2.24) is 5.32 Å². The van der Waals surface area contributed by atoms with Crippen molar-refractivity contribution in [2.45, 2.75) is 31.3 Å². The van der Waals surface area contributed by atoms with E-state index in [4.69, 9.17) is 0 Å². The fourth-order valence-electron chi connectivity index (χ4n) is 4.91. The fourth-order valence-corrected chi connectivity index (χ4v) is 5.17. The van der Waals surface area contributed by atoms with Gasteiger partial charge in [-0.3, -0.25) is 4.79 Å². The number of hydrogen-bond acceptors (Lipinski definition) is 2. The molecule has 0 saturated carbocycles. The molecule has 0 radical (unpaired) electrons. The van der Waals surface area contributed by atoms with Crippen LogP contribution in [0.4, 0.5) is 5.69 Å². The van der Waals surface area contributed by atoms with Gasteiger partial charge >= 0.3 is 0 Å². The van der Waals surface area contributed by atoms with E-state index in [0.717, 1.165) is 22.1 Å². The number of anilines is 1. The summed E-state index contributed by atoms with van der Waals surface area (Å²) in [6.45, 7) is 2.02. The molecule has 0 bridgehead atoms. The minimum atomic E-state index is -0.0606. The van der Waals surface area contributed by atoms with Crippen LogP contribution in [0.25, 0.3) is 0 Å². The van der Waals surface area contributed by atoms with Crippen molar-refractivity contribution in [3.63, 3.8) is 0 Å². The summed E-state index contributed by atoms with van der Waals surface area (Å²) in [5, 5.41) is 6.93. The van der Waals surface area contributed by atoms with E-state index >= 15 is 0 Å². The highest BCUT2D eigenvalue weighted by Crippen LogP contribution is 2.50. The lowest BCUT2D eigenvalue weighted by atomic mass is 9.76. The van der Waals surface area contributed by atoms with Crippen molar-refractivity contribution in [2.75, 3.05) is 5.32 Å². The molecule has 0 aromatic heterocycles. The minimum Gasteiger partial charge on any atom is -0.377 e. The summed E-state index contributed by atoms with van der Waals surface area (Å²) in [7, 11) is 0. The molecule has 2 N–H and O–H groups in total. The zero-order valence-corrected chi connectivity index (χ0v) is 19.0. The van der Waals surface area contributed by atoms with Crippen LogP contribution < -0.4 is 10.6 Å². The van der Waals surface area contributed by atoms with Crippen LogP contribution in [0.1, 0.15) is 58.4 Å². The number of carbonyl (C=O) groups is 1. The highest BCUT2D eigenvalue weighted by molar-refractivity contribution is 9.10. The molecular formula is C27H25BrN2O. The molecule has 5 rings (SSSR count). The quantitative estimate of drug-likeness (QED) is 0.411. The largest absolute Gasteiger partial charge is 0.377 e. The summed E-state index contributed by atoms with van der Waals surface area (Å²) in [6.07, 6.45) is 5.63. The van der Waals surface area contributed by atoms with E-state index in [0.29, 0.717) is 17.4 Å². The van der Waals surface area contributed by atoms with Gasteiger partial charge in [-0.05, 0) is 54.2 Å². The lowest BCUT2D eigenvalue weighted by Gasteiger charge is -2.38. The van der Waals surface area contributed by atoms with Gasteiger partial charge in [-0.1, -0.05) is 82.7 Å². The fraction of sp³-hybridized carbons (Fsp3) is 0.222. The Morgan fingerprint density at radius 2 is 1.81 bits per heavy atom. The molecule has 4 unspecified atom stereocenters. The molecule has 4 heteroatoms. The molecule has 1 aliphatic carbocycles. The number of nitrogens with one attached hydrogen (secondary N) is 2. The molecule has 0 saturated heterocycles. The second-order valence-corrected chi connectivity index (χ2v) is 9.32. The predicted molar refractivity (Wildman–Crippen MR) is 129 cm³/mol. The minimum absolute atomic E-state index is 0.0457. The molecule has 1 heterocycles. The van der Waals surface area contributed by atoms with Crippen LogP contribution in [0.2, 0.25) is 0 Å². The van der Waals surface area contributed by atoms with Crippen LogP contribution in [0.5, 0.6) is 0 Å². The maximum atomic E-state index is 13.3. The molecule has 3 aromatic rings. The highest BCUT2D eigenvalue weighted by atomic mass is 79.9. The molecule has 2 aliphatic rings. The summed E-state index contributed by atoms with van der Waals surface area (Å²) in [5.74, 6) is 0.732. The summed E-state index contributed by atoms with van der Waals surface area (Å²) < 4.78 is 1.07. The summed E-state index contributed by atoms with van der Waals surface area (Å²) in [6, 6.07) is 24.8. The first-order chi connectivity index (χ1) is 15.1. The van der Waals surface area contributed by atoms with Crippen LogP contribution in [0.15, 0.2) is 89.4 Å². The second kappa shape index (κ2) is 8.35. The number of allylic oxidation sites excluding steroid dienone is 2. The first kappa shape index (κ1) is 20.1. The van der Waals surface area contributed by atoms with Crippen LogP contribution in [-0.2, 0) is 0 Å². The third kappa shape index (κ3) is 3.81. The van der Waals surface area contributed by atoms with Crippen LogP contribution in [-0.4, -0.2) is 5.91 Å². The Morgan fingerprint density at radius 1 is 1.03 bits per heavy atom.